The van der Waals surface area contributed by atoms with Gasteiger partial charge in [-0.05, 0) is 74.2 Å². The van der Waals surface area contributed by atoms with E-state index in [9.17, 15) is 10.1 Å². The number of nitrogens with zero attached hydrogens (tertiary/aromatic N) is 1. The number of anilines is 1. The number of aryl methyl sites for hydroxylation is 2. The van der Waals surface area contributed by atoms with Crippen molar-refractivity contribution in [2.45, 2.75) is 40.2 Å². The maximum Gasteiger partial charge on any atom is 0.266 e. The van der Waals surface area contributed by atoms with Gasteiger partial charge in [0, 0.05) is 5.69 Å². The SMILES string of the molecule is CC[C@@H](C)Oc1ccc(/C=C(/C#N)C(=O)Nc2ccc(C)c(C)c2)cc1Cl. The van der Waals surface area contributed by atoms with Crippen LogP contribution in [0.5, 0.6) is 5.75 Å². The van der Waals surface area contributed by atoms with Crippen LogP contribution in [0.2, 0.25) is 5.02 Å². The molecule has 0 saturated carbocycles. The van der Waals surface area contributed by atoms with Gasteiger partial charge in [-0.2, -0.15) is 5.26 Å². The summed E-state index contributed by atoms with van der Waals surface area (Å²) in [6.45, 7) is 7.97. The summed E-state index contributed by atoms with van der Waals surface area (Å²) in [5.41, 5.74) is 3.51. The molecule has 2 aromatic carbocycles. The van der Waals surface area contributed by atoms with Gasteiger partial charge in [0.2, 0.25) is 0 Å². The number of hydrogen-bond donors (Lipinski definition) is 1. The molecule has 0 saturated heterocycles. The van der Waals surface area contributed by atoms with E-state index in [0.29, 0.717) is 22.0 Å². The average molecular weight is 383 g/mol. The molecule has 2 rings (SSSR count). The lowest BCUT2D eigenvalue weighted by Gasteiger charge is -2.14. The number of carbonyl (C=O) groups is 1. The number of amides is 1. The predicted molar refractivity (Wildman–Crippen MR) is 110 cm³/mol. The number of carbonyl (C=O) groups excluding carboxylic acids is 1. The molecular formula is C22H23ClN2O2. The Labute approximate surface area is 165 Å². The van der Waals surface area contributed by atoms with Crippen LogP contribution in [0.25, 0.3) is 6.08 Å². The van der Waals surface area contributed by atoms with Crippen LogP contribution in [-0.4, -0.2) is 12.0 Å². The quantitative estimate of drug-likeness (QED) is 0.516. The van der Waals surface area contributed by atoms with E-state index >= 15 is 0 Å². The van der Waals surface area contributed by atoms with Crippen molar-refractivity contribution < 1.29 is 9.53 Å². The number of benzene rings is 2. The summed E-state index contributed by atoms with van der Waals surface area (Å²) in [5, 5.41) is 12.6. The molecule has 1 N–H and O–H groups in total. The summed E-state index contributed by atoms with van der Waals surface area (Å²) in [7, 11) is 0. The molecule has 4 nitrogen and oxygen atoms in total. The van der Waals surface area contributed by atoms with Crippen molar-refractivity contribution >= 4 is 29.3 Å². The fraction of sp³-hybridized carbons (Fsp3) is 0.273. The molecule has 0 unspecified atom stereocenters. The second-order valence-electron chi connectivity index (χ2n) is 6.45. The second kappa shape index (κ2) is 9.25. The normalized spacial score (nSPS) is 12.2. The number of nitriles is 1. The summed E-state index contributed by atoms with van der Waals surface area (Å²) < 4.78 is 5.73. The maximum absolute atomic E-state index is 12.4. The van der Waals surface area contributed by atoms with Crippen LogP contribution >= 0.6 is 11.6 Å². The number of ether oxygens (including phenoxy) is 1. The van der Waals surface area contributed by atoms with E-state index in [-0.39, 0.29) is 11.7 Å². The molecule has 0 fully saturated rings. The summed E-state index contributed by atoms with van der Waals surface area (Å²) in [5.74, 6) is 0.123. The van der Waals surface area contributed by atoms with Gasteiger partial charge in [0.05, 0.1) is 11.1 Å². The van der Waals surface area contributed by atoms with Crippen LogP contribution in [-0.2, 0) is 4.79 Å². The fourth-order valence-electron chi connectivity index (χ4n) is 2.34. The molecule has 0 heterocycles. The van der Waals surface area contributed by atoms with Gasteiger partial charge in [-0.3, -0.25) is 4.79 Å². The van der Waals surface area contributed by atoms with Crippen molar-refractivity contribution in [3.05, 3.63) is 63.7 Å². The molecule has 140 valence electrons. The lowest BCUT2D eigenvalue weighted by atomic mass is 10.1. The van der Waals surface area contributed by atoms with Crippen LogP contribution in [0.1, 0.15) is 37.0 Å². The molecule has 2 aromatic rings. The number of rotatable bonds is 6. The zero-order valence-corrected chi connectivity index (χ0v) is 16.7. The van der Waals surface area contributed by atoms with Gasteiger partial charge >= 0.3 is 0 Å². The first-order valence-corrected chi connectivity index (χ1v) is 9.18. The van der Waals surface area contributed by atoms with E-state index in [1.807, 2.05) is 52.0 Å². The zero-order valence-electron chi connectivity index (χ0n) is 16.0. The third kappa shape index (κ3) is 5.60. The predicted octanol–water partition coefficient (Wildman–Crippen LogP) is 5.68. The Morgan fingerprint density at radius 1 is 1.26 bits per heavy atom. The van der Waals surface area contributed by atoms with Crippen molar-refractivity contribution in [1.82, 2.24) is 0 Å². The highest BCUT2D eigenvalue weighted by Gasteiger charge is 2.11. The Balaban J connectivity index is 2.19. The summed E-state index contributed by atoms with van der Waals surface area (Å²) in [6, 6.07) is 12.8. The molecule has 0 radical (unpaired) electrons. The monoisotopic (exact) mass is 382 g/mol. The van der Waals surface area contributed by atoms with E-state index in [4.69, 9.17) is 16.3 Å². The highest BCUT2D eigenvalue weighted by molar-refractivity contribution is 6.32. The lowest BCUT2D eigenvalue weighted by molar-refractivity contribution is -0.112. The highest BCUT2D eigenvalue weighted by Crippen LogP contribution is 2.28. The highest BCUT2D eigenvalue weighted by atomic mass is 35.5. The number of hydrogen-bond acceptors (Lipinski definition) is 3. The van der Waals surface area contributed by atoms with Crippen LogP contribution < -0.4 is 10.1 Å². The Morgan fingerprint density at radius 2 is 2.00 bits per heavy atom. The summed E-state index contributed by atoms with van der Waals surface area (Å²) in [4.78, 5) is 12.4. The van der Waals surface area contributed by atoms with E-state index < -0.39 is 5.91 Å². The molecule has 27 heavy (non-hydrogen) atoms. The molecule has 0 aliphatic rings. The van der Waals surface area contributed by atoms with E-state index in [1.165, 1.54) is 6.08 Å². The summed E-state index contributed by atoms with van der Waals surface area (Å²) >= 11 is 6.26. The molecule has 0 bridgehead atoms. The van der Waals surface area contributed by atoms with E-state index in [1.54, 1.807) is 18.2 Å². The first-order valence-electron chi connectivity index (χ1n) is 8.80. The second-order valence-corrected chi connectivity index (χ2v) is 6.86. The van der Waals surface area contributed by atoms with Crippen molar-refractivity contribution in [2.24, 2.45) is 0 Å². The average Bonchev–Trinajstić information content (AvgIpc) is 2.64. The third-order valence-electron chi connectivity index (χ3n) is 4.30. The van der Waals surface area contributed by atoms with E-state index in [0.717, 1.165) is 17.5 Å². The third-order valence-corrected chi connectivity index (χ3v) is 4.60. The first kappa shape index (κ1) is 20.5. The standard InChI is InChI=1S/C22H23ClN2O2/c1-5-16(4)27-21-9-7-17(12-20(21)23)11-18(13-24)22(26)25-19-8-6-14(2)15(3)10-19/h6-12,16H,5H2,1-4H3,(H,25,26)/b18-11-/t16-/m1/s1. The van der Waals surface area contributed by atoms with Gasteiger partial charge in [-0.1, -0.05) is 30.7 Å². The minimum atomic E-state index is -0.461. The maximum atomic E-state index is 12.4. The molecule has 5 heteroatoms. The molecule has 1 atom stereocenters. The molecule has 0 aliphatic heterocycles. The Bertz CT molecular complexity index is 913. The topological polar surface area (TPSA) is 62.1 Å². The lowest BCUT2D eigenvalue weighted by Crippen LogP contribution is -2.13. The zero-order chi connectivity index (χ0) is 20.0. The van der Waals surface area contributed by atoms with Crippen LogP contribution in [0, 0.1) is 25.2 Å². The van der Waals surface area contributed by atoms with Crippen LogP contribution in [0.15, 0.2) is 42.0 Å². The van der Waals surface area contributed by atoms with Crippen molar-refractivity contribution in [3.63, 3.8) is 0 Å². The van der Waals surface area contributed by atoms with Crippen molar-refractivity contribution in [1.29, 1.82) is 5.26 Å². The fourth-order valence-corrected chi connectivity index (χ4v) is 2.57. The molecule has 1 amide bonds. The number of nitrogens with one attached hydrogen (secondary N) is 1. The Morgan fingerprint density at radius 3 is 2.59 bits per heavy atom. The van der Waals surface area contributed by atoms with Gasteiger partial charge in [-0.15, -0.1) is 0 Å². The largest absolute Gasteiger partial charge is 0.489 e. The van der Waals surface area contributed by atoms with Gasteiger partial charge in [0.15, 0.2) is 0 Å². The Hall–Kier alpha value is -2.77. The van der Waals surface area contributed by atoms with Crippen LogP contribution in [0.4, 0.5) is 5.69 Å². The van der Waals surface area contributed by atoms with Gasteiger partial charge in [0.1, 0.15) is 17.4 Å². The first-order chi connectivity index (χ1) is 12.8. The summed E-state index contributed by atoms with van der Waals surface area (Å²) in [6.07, 6.45) is 2.44. The van der Waals surface area contributed by atoms with Gasteiger partial charge in [-0.25, -0.2) is 0 Å². The molecule has 0 aromatic heterocycles. The molecule has 0 spiro atoms. The van der Waals surface area contributed by atoms with Crippen LogP contribution in [0.3, 0.4) is 0 Å². The van der Waals surface area contributed by atoms with E-state index in [2.05, 4.69) is 5.32 Å². The smallest absolute Gasteiger partial charge is 0.266 e. The van der Waals surface area contributed by atoms with Gasteiger partial charge in [0.25, 0.3) is 5.91 Å². The number of halogens is 1. The molecule has 0 aliphatic carbocycles. The minimum Gasteiger partial charge on any atom is -0.489 e. The Kier molecular flexibility index (Phi) is 7.04. The van der Waals surface area contributed by atoms with Crippen molar-refractivity contribution in [3.8, 4) is 11.8 Å². The van der Waals surface area contributed by atoms with Gasteiger partial charge < -0.3 is 10.1 Å². The molecular weight excluding hydrogens is 360 g/mol. The minimum absolute atomic E-state index is 0.000102. The van der Waals surface area contributed by atoms with Crippen molar-refractivity contribution in [2.75, 3.05) is 5.32 Å².